The summed E-state index contributed by atoms with van der Waals surface area (Å²) >= 11 is 0. The van der Waals surface area contributed by atoms with Crippen molar-refractivity contribution in [1.29, 1.82) is 0 Å². The van der Waals surface area contributed by atoms with E-state index in [0.717, 1.165) is 0 Å². The van der Waals surface area contributed by atoms with Crippen molar-refractivity contribution in [2.24, 2.45) is 0 Å². The summed E-state index contributed by atoms with van der Waals surface area (Å²) < 4.78 is 15.0. The monoisotopic (exact) mass is 136 g/mol. The van der Waals surface area contributed by atoms with Crippen molar-refractivity contribution >= 4 is 14.3 Å². The highest BCUT2D eigenvalue weighted by molar-refractivity contribution is 7.40. The molecule has 0 amide bonds. The lowest BCUT2D eigenvalue weighted by Crippen LogP contribution is -1.82. The molecule has 0 aliphatic carbocycles. The topological polar surface area (TPSA) is 43.4 Å². The van der Waals surface area contributed by atoms with Gasteiger partial charge in [0.2, 0.25) is 0 Å². The van der Waals surface area contributed by atoms with Crippen LogP contribution in [0.25, 0.3) is 0 Å². The van der Waals surface area contributed by atoms with Crippen molar-refractivity contribution in [3.8, 4) is 0 Å². The molecule has 1 unspecified atom stereocenters. The summed E-state index contributed by atoms with van der Waals surface area (Å²) in [6.07, 6.45) is 0.662. The minimum atomic E-state index is -2.01. The van der Waals surface area contributed by atoms with Crippen molar-refractivity contribution in [3.63, 3.8) is 0 Å². The maximum Gasteiger partial charge on any atom is 0.198 e. The Labute approximate surface area is 48.9 Å². The molecule has 0 rings (SSSR count). The molecule has 0 aromatic carbocycles. The Kier molecular flexibility index (Phi) is 4.92. The number of carbonyl (C=O) groups is 1. The summed E-state index contributed by atoms with van der Waals surface area (Å²) in [5.41, 5.74) is 0. The van der Waals surface area contributed by atoms with Gasteiger partial charge in [-0.1, -0.05) is 0 Å². The first-order valence-electron chi connectivity index (χ1n) is 2.40. The van der Waals surface area contributed by atoms with Crippen LogP contribution in [0, 0.1) is 0 Å². The van der Waals surface area contributed by atoms with E-state index in [9.17, 15) is 9.36 Å². The molecule has 1 atom stereocenters. The molecule has 0 bridgehead atoms. The first-order valence-corrected chi connectivity index (χ1v) is 3.93. The van der Waals surface area contributed by atoms with Crippen molar-refractivity contribution < 1.29 is 13.9 Å². The van der Waals surface area contributed by atoms with Gasteiger partial charge in [0.25, 0.3) is 0 Å². The number of aldehydes is 1. The predicted molar refractivity (Wildman–Crippen MR) is 31.6 cm³/mol. The van der Waals surface area contributed by atoms with Crippen molar-refractivity contribution in [1.82, 2.24) is 0 Å². The van der Waals surface area contributed by atoms with Gasteiger partial charge in [0.15, 0.2) is 8.03 Å². The molecule has 8 heavy (non-hydrogen) atoms. The van der Waals surface area contributed by atoms with Gasteiger partial charge in [0.05, 0.1) is 12.8 Å². The number of rotatable bonds is 4. The van der Waals surface area contributed by atoms with E-state index in [4.69, 9.17) is 0 Å². The summed E-state index contributed by atoms with van der Waals surface area (Å²) in [5.74, 6) is 0. The van der Waals surface area contributed by atoms with Crippen LogP contribution in [-0.4, -0.2) is 19.1 Å². The maximum absolute atomic E-state index is 10.4. The smallest absolute Gasteiger partial charge is 0.198 e. The van der Waals surface area contributed by atoms with E-state index in [1.807, 2.05) is 0 Å². The second-order valence-corrected chi connectivity index (χ2v) is 2.62. The van der Waals surface area contributed by atoms with E-state index in [0.29, 0.717) is 12.9 Å². The van der Waals surface area contributed by atoms with Gasteiger partial charge < -0.3 is 9.32 Å². The van der Waals surface area contributed by atoms with E-state index in [2.05, 4.69) is 4.52 Å². The van der Waals surface area contributed by atoms with Crippen LogP contribution >= 0.6 is 8.03 Å². The SMILES string of the molecule is CCO[PH](=O)CC=O. The van der Waals surface area contributed by atoms with Crippen LogP contribution in [0.2, 0.25) is 0 Å². The molecule has 4 heteroatoms. The fourth-order valence-corrected chi connectivity index (χ4v) is 0.864. The van der Waals surface area contributed by atoms with Crippen LogP contribution < -0.4 is 0 Å². The molecular weight excluding hydrogens is 127 g/mol. The Morgan fingerprint density at radius 1 is 1.75 bits per heavy atom. The minimum absolute atomic E-state index is 0.0541. The summed E-state index contributed by atoms with van der Waals surface area (Å²) in [4.78, 5) is 9.64. The lowest BCUT2D eigenvalue weighted by Gasteiger charge is -1.92. The third-order valence-corrected chi connectivity index (χ3v) is 1.67. The average Bonchev–Trinajstić information content (AvgIpc) is 1.68. The summed E-state index contributed by atoms with van der Waals surface area (Å²) in [5, 5.41) is 0. The first kappa shape index (κ1) is 7.86. The second-order valence-electron chi connectivity index (χ2n) is 1.18. The predicted octanol–water partition coefficient (Wildman–Crippen LogP) is 0.696. The van der Waals surface area contributed by atoms with Crippen molar-refractivity contribution in [3.05, 3.63) is 0 Å². The third kappa shape index (κ3) is 4.03. The van der Waals surface area contributed by atoms with E-state index in [1.165, 1.54) is 0 Å². The highest BCUT2D eigenvalue weighted by Gasteiger charge is 1.92. The Balaban J connectivity index is 3.18. The van der Waals surface area contributed by atoms with E-state index in [-0.39, 0.29) is 6.16 Å². The van der Waals surface area contributed by atoms with Crippen LogP contribution in [0.4, 0.5) is 0 Å². The molecule has 0 radical (unpaired) electrons. The fourth-order valence-electron chi connectivity index (χ4n) is 0.288. The third-order valence-electron chi connectivity index (χ3n) is 0.555. The fraction of sp³-hybridized carbons (Fsp3) is 0.750. The largest absolute Gasteiger partial charge is 0.330 e. The van der Waals surface area contributed by atoms with Gasteiger partial charge in [-0.15, -0.1) is 0 Å². The van der Waals surface area contributed by atoms with Crippen LogP contribution in [-0.2, 0) is 13.9 Å². The number of hydrogen-bond donors (Lipinski definition) is 0. The molecule has 0 aromatic rings. The van der Waals surface area contributed by atoms with Gasteiger partial charge in [-0.2, -0.15) is 0 Å². The number of carbonyl (C=O) groups excluding carboxylic acids is 1. The summed E-state index contributed by atoms with van der Waals surface area (Å²) in [6, 6.07) is 0. The molecule has 0 aliphatic heterocycles. The molecule has 0 heterocycles. The summed E-state index contributed by atoms with van der Waals surface area (Å²) in [6.45, 7) is 2.17. The molecular formula is C4H9O3P. The molecule has 48 valence electrons. The lowest BCUT2D eigenvalue weighted by molar-refractivity contribution is -0.105. The van der Waals surface area contributed by atoms with Crippen LogP contribution in [0.5, 0.6) is 0 Å². The quantitative estimate of drug-likeness (QED) is 0.422. The van der Waals surface area contributed by atoms with Gasteiger partial charge in [-0.25, -0.2) is 0 Å². The zero-order chi connectivity index (χ0) is 6.41. The zero-order valence-electron chi connectivity index (χ0n) is 4.72. The molecule has 0 N–H and O–H groups in total. The van der Waals surface area contributed by atoms with Crippen LogP contribution in [0.15, 0.2) is 0 Å². The standard InChI is InChI=1S/C4H9O3P/c1-2-7-8(6)4-3-5/h3,8H,2,4H2,1H3. The van der Waals surface area contributed by atoms with Crippen molar-refractivity contribution in [2.45, 2.75) is 6.92 Å². The molecule has 0 aliphatic rings. The molecule has 0 saturated carbocycles. The Morgan fingerprint density at radius 2 is 2.38 bits per heavy atom. The van der Waals surface area contributed by atoms with E-state index >= 15 is 0 Å². The minimum Gasteiger partial charge on any atom is -0.330 e. The molecule has 0 aromatic heterocycles. The van der Waals surface area contributed by atoms with Gasteiger partial charge in [0.1, 0.15) is 6.29 Å². The Hall–Kier alpha value is -0.140. The molecule has 0 fully saturated rings. The second kappa shape index (κ2) is 5.01. The van der Waals surface area contributed by atoms with E-state index in [1.54, 1.807) is 6.92 Å². The Bertz CT molecular complexity index is 91.3. The zero-order valence-corrected chi connectivity index (χ0v) is 5.72. The number of hydrogen-bond acceptors (Lipinski definition) is 3. The van der Waals surface area contributed by atoms with Gasteiger partial charge in [0, 0.05) is 0 Å². The average molecular weight is 136 g/mol. The maximum atomic E-state index is 10.4. The van der Waals surface area contributed by atoms with Crippen LogP contribution in [0.3, 0.4) is 0 Å². The van der Waals surface area contributed by atoms with Gasteiger partial charge in [-0.3, -0.25) is 4.57 Å². The lowest BCUT2D eigenvalue weighted by atomic mass is 10.9. The molecule has 0 spiro atoms. The van der Waals surface area contributed by atoms with Gasteiger partial charge in [-0.05, 0) is 6.92 Å². The summed E-state index contributed by atoms with van der Waals surface area (Å²) in [7, 11) is -2.01. The molecule has 3 nitrogen and oxygen atoms in total. The van der Waals surface area contributed by atoms with Gasteiger partial charge >= 0.3 is 0 Å². The highest BCUT2D eigenvalue weighted by Crippen LogP contribution is 2.18. The van der Waals surface area contributed by atoms with Crippen molar-refractivity contribution in [2.75, 3.05) is 12.8 Å². The Morgan fingerprint density at radius 3 is 2.75 bits per heavy atom. The van der Waals surface area contributed by atoms with E-state index < -0.39 is 8.03 Å². The normalized spacial score (nSPS) is 13.1. The first-order chi connectivity index (χ1) is 3.81. The highest BCUT2D eigenvalue weighted by atomic mass is 31.1. The molecule has 0 saturated heterocycles. The van der Waals surface area contributed by atoms with Crippen LogP contribution in [0.1, 0.15) is 6.92 Å².